The molecule has 0 radical (unpaired) electrons. The minimum absolute atomic E-state index is 0.117. The maximum Gasteiger partial charge on any atom is 0.335 e. The summed E-state index contributed by atoms with van der Waals surface area (Å²) in [4.78, 5) is 38.6. The highest BCUT2D eigenvalue weighted by Gasteiger charge is 2.36. The number of aromatic carboxylic acids is 1. The molecule has 4 rings (SSSR count). The predicted molar refractivity (Wildman–Crippen MR) is 130 cm³/mol. The Morgan fingerprint density at radius 2 is 1.91 bits per heavy atom. The standard InChI is InChI=1S/C26H27NO6S/c1-32-21-12-6-10-19(23(21)33-16-18-9-5-11-20(13-18)25(29)30)14-22-24(28)27(26(31)34-22)15-17-7-3-2-4-8-17/h5-6,9-14,17H,2-4,7-8,15-16H2,1H3,(H,29,30)/b22-14+. The van der Waals surface area contributed by atoms with Crippen molar-refractivity contribution in [1.82, 2.24) is 4.90 Å². The number of amides is 2. The summed E-state index contributed by atoms with van der Waals surface area (Å²) < 4.78 is 11.5. The summed E-state index contributed by atoms with van der Waals surface area (Å²) in [7, 11) is 1.52. The molecule has 2 amide bonds. The zero-order chi connectivity index (χ0) is 24.1. The second kappa shape index (κ2) is 10.8. The van der Waals surface area contributed by atoms with E-state index in [1.807, 2.05) is 0 Å². The number of benzene rings is 2. The number of carboxylic acid groups (broad SMARTS) is 1. The largest absolute Gasteiger partial charge is 0.493 e. The minimum Gasteiger partial charge on any atom is -0.493 e. The first-order chi connectivity index (χ1) is 16.5. The lowest BCUT2D eigenvalue weighted by Crippen LogP contribution is -2.34. The molecule has 7 nitrogen and oxygen atoms in total. The van der Waals surface area contributed by atoms with E-state index in [0.717, 1.165) is 37.4 Å². The molecule has 2 aromatic carbocycles. The number of hydrogen-bond acceptors (Lipinski definition) is 6. The van der Waals surface area contributed by atoms with Gasteiger partial charge in [-0.3, -0.25) is 14.5 Å². The molecule has 1 saturated heterocycles. The Bertz CT molecular complexity index is 1120. The van der Waals surface area contributed by atoms with Crippen LogP contribution in [-0.2, 0) is 11.4 Å². The van der Waals surface area contributed by atoms with Gasteiger partial charge in [0.25, 0.3) is 11.1 Å². The topological polar surface area (TPSA) is 93.1 Å². The number of para-hydroxylation sites is 1. The highest BCUT2D eigenvalue weighted by Crippen LogP contribution is 2.38. The molecule has 8 heteroatoms. The Hall–Kier alpha value is -3.26. The molecule has 1 heterocycles. The quantitative estimate of drug-likeness (QED) is 0.491. The summed E-state index contributed by atoms with van der Waals surface area (Å²) in [5.74, 6) is -0.0134. The fraction of sp³-hybridized carbons (Fsp3) is 0.346. The molecule has 0 unspecified atom stereocenters. The van der Waals surface area contributed by atoms with E-state index in [9.17, 15) is 19.5 Å². The summed E-state index contributed by atoms with van der Waals surface area (Å²) in [5, 5.41) is 8.98. The van der Waals surface area contributed by atoms with Gasteiger partial charge in [0.2, 0.25) is 0 Å². The molecule has 0 aromatic heterocycles. The fourth-order valence-corrected chi connectivity index (χ4v) is 5.18. The molecule has 178 valence electrons. The summed E-state index contributed by atoms with van der Waals surface area (Å²) in [6, 6.07) is 11.8. The van der Waals surface area contributed by atoms with Gasteiger partial charge < -0.3 is 14.6 Å². The summed E-state index contributed by atoms with van der Waals surface area (Å²) in [6.07, 6.45) is 7.29. The van der Waals surface area contributed by atoms with Gasteiger partial charge >= 0.3 is 5.97 Å². The Balaban J connectivity index is 1.55. The highest BCUT2D eigenvalue weighted by atomic mass is 32.2. The van der Waals surface area contributed by atoms with Gasteiger partial charge in [-0.1, -0.05) is 43.5 Å². The highest BCUT2D eigenvalue weighted by molar-refractivity contribution is 8.18. The van der Waals surface area contributed by atoms with Crippen LogP contribution in [0, 0.1) is 5.92 Å². The molecule has 1 aliphatic heterocycles. The lowest BCUT2D eigenvalue weighted by atomic mass is 9.89. The van der Waals surface area contributed by atoms with Crippen LogP contribution in [-0.4, -0.2) is 40.8 Å². The SMILES string of the molecule is COc1cccc(/C=C2/SC(=O)N(CC3CCCCC3)C2=O)c1OCc1cccc(C(=O)O)c1. The van der Waals surface area contributed by atoms with E-state index in [1.165, 1.54) is 24.5 Å². The van der Waals surface area contributed by atoms with Crippen LogP contribution in [0.15, 0.2) is 47.4 Å². The van der Waals surface area contributed by atoms with Crippen LogP contribution in [0.4, 0.5) is 4.79 Å². The number of carboxylic acids is 1. The van der Waals surface area contributed by atoms with E-state index < -0.39 is 5.97 Å². The molecule has 2 aromatic rings. The smallest absolute Gasteiger partial charge is 0.335 e. The number of nitrogens with zero attached hydrogens (tertiary/aromatic N) is 1. The van der Waals surface area contributed by atoms with Gasteiger partial charge in [0.1, 0.15) is 6.61 Å². The van der Waals surface area contributed by atoms with Crippen LogP contribution >= 0.6 is 11.8 Å². The van der Waals surface area contributed by atoms with E-state index in [2.05, 4.69) is 0 Å². The first kappa shape index (κ1) is 23.9. The number of thioether (sulfide) groups is 1. The van der Waals surface area contributed by atoms with Gasteiger partial charge in [0.15, 0.2) is 11.5 Å². The monoisotopic (exact) mass is 481 g/mol. The van der Waals surface area contributed by atoms with Crippen LogP contribution in [0.3, 0.4) is 0 Å². The summed E-state index contributed by atoms with van der Waals surface area (Å²) >= 11 is 0.944. The van der Waals surface area contributed by atoms with Crippen LogP contribution in [0.2, 0.25) is 0 Å². The Labute approximate surface area is 202 Å². The van der Waals surface area contributed by atoms with Crippen LogP contribution in [0.5, 0.6) is 11.5 Å². The maximum absolute atomic E-state index is 13.0. The number of rotatable bonds is 8. The van der Waals surface area contributed by atoms with Gasteiger partial charge in [-0.15, -0.1) is 0 Å². The van der Waals surface area contributed by atoms with Crippen LogP contribution in [0.25, 0.3) is 6.08 Å². The molecular weight excluding hydrogens is 454 g/mol. The van der Waals surface area contributed by atoms with E-state index in [-0.39, 0.29) is 23.3 Å². The molecular formula is C26H27NO6S. The van der Waals surface area contributed by atoms with E-state index >= 15 is 0 Å². The van der Waals surface area contributed by atoms with E-state index in [1.54, 1.807) is 42.5 Å². The number of hydrogen-bond donors (Lipinski definition) is 1. The minimum atomic E-state index is -1.01. The lowest BCUT2D eigenvalue weighted by molar-refractivity contribution is -0.123. The van der Waals surface area contributed by atoms with Gasteiger partial charge in [0, 0.05) is 12.1 Å². The Kier molecular flexibility index (Phi) is 7.57. The number of imide groups is 1. The molecule has 0 atom stereocenters. The molecule has 0 spiro atoms. The second-order valence-corrected chi connectivity index (χ2v) is 9.46. The van der Waals surface area contributed by atoms with Crippen molar-refractivity contribution in [3.63, 3.8) is 0 Å². The van der Waals surface area contributed by atoms with E-state index in [4.69, 9.17) is 9.47 Å². The molecule has 1 saturated carbocycles. The normalized spacial score (nSPS) is 17.9. The van der Waals surface area contributed by atoms with Crippen molar-refractivity contribution in [1.29, 1.82) is 0 Å². The van der Waals surface area contributed by atoms with Gasteiger partial charge in [0.05, 0.1) is 17.6 Å². The zero-order valence-corrected chi connectivity index (χ0v) is 19.8. The van der Waals surface area contributed by atoms with Crippen molar-refractivity contribution in [2.75, 3.05) is 13.7 Å². The van der Waals surface area contributed by atoms with Crippen molar-refractivity contribution in [2.45, 2.75) is 38.7 Å². The molecule has 0 bridgehead atoms. The third kappa shape index (κ3) is 5.44. The average Bonchev–Trinajstić information content (AvgIpc) is 3.11. The van der Waals surface area contributed by atoms with Crippen molar-refractivity contribution < 1.29 is 29.0 Å². The third-order valence-corrected chi connectivity index (χ3v) is 7.02. The van der Waals surface area contributed by atoms with Crippen molar-refractivity contribution in [2.24, 2.45) is 5.92 Å². The molecule has 2 aliphatic rings. The fourth-order valence-electron chi connectivity index (χ4n) is 4.34. The third-order valence-electron chi connectivity index (χ3n) is 6.11. The van der Waals surface area contributed by atoms with Crippen molar-refractivity contribution in [3.05, 3.63) is 64.1 Å². The maximum atomic E-state index is 13.0. The predicted octanol–water partition coefficient (Wildman–Crippen LogP) is 5.59. The molecule has 34 heavy (non-hydrogen) atoms. The average molecular weight is 482 g/mol. The zero-order valence-electron chi connectivity index (χ0n) is 19.0. The van der Waals surface area contributed by atoms with Gasteiger partial charge in [-0.25, -0.2) is 4.79 Å². The lowest BCUT2D eigenvalue weighted by Gasteiger charge is -2.25. The molecule has 1 aliphatic carbocycles. The van der Waals surface area contributed by atoms with Crippen molar-refractivity contribution in [3.8, 4) is 11.5 Å². The van der Waals surface area contributed by atoms with Gasteiger partial charge in [-0.2, -0.15) is 0 Å². The van der Waals surface area contributed by atoms with Gasteiger partial charge in [-0.05, 0) is 60.4 Å². The van der Waals surface area contributed by atoms with Crippen LogP contribution < -0.4 is 9.47 Å². The number of carbonyl (C=O) groups is 3. The second-order valence-electron chi connectivity index (χ2n) is 8.47. The first-order valence-electron chi connectivity index (χ1n) is 11.3. The Morgan fingerprint density at radius 3 is 2.65 bits per heavy atom. The van der Waals surface area contributed by atoms with E-state index in [0.29, 0.717) is 40.0 Å². The molecule has 2 fully saturated rings. The first-order valence-corrected chi connectivity index (χ1v) is 12.2. The molecule has 1 N–H and O–H groups in total. The summed E-state index contributed by atoms with van der Waals surface area (Å²) in [5.41, 5.74) is 1.47. The number of ether oxygens (including phenoxy) is 2. The van der Waals surface area contributed by atoms with Crippen LogP contribution in [0.1, 0.15) is 53.6 Å². The number of carbonyl (C=O) groups excluding carboxylic acids is 2. The Morgan fingerprint density at radius 1 is 1.15 bits per heavy atom. The van der Waals surface area contributed by atoms with Crippen molar-refractivity contribution >= 4 is 35.0 Å². The summed E-state index contributed by atoms with van der Waals surface area (Å²) in [6.45, 7) is 0.592. The number of methoxy groups -OCH3 is 1.